The third-order valence-corrected chi connectivity index (χ3v) is 3.09. The summed E-state index contributed by atoms with van der Waals surface area (Å²) in [5, 5.41) is 0. The summed E-state index contributed by atoms with van der Waals surface area (Å²) in [6, 6.07) is 0.0955. The summed E-state index contributed by atoms with van der Waals surface area (Å²) in [7, 11) is 0. The molecule has 2 atom stereocenters. The average Bonchev–Trinajstić information content (AvgIpc) is 2.45. The first kappa shape index (κ1) is 17.2. The normalized spacial score (nSPS) is 19.8. The first-order valence-electron chi connectivity index (χ1n) is 6.58. The smallest absolute Gasteiger partial charge is 0.259 e. The fourth-order valence-corrected chi connectivity index (χ4v) is 2.19. The van der Waals surface area contributed by atoms with Crippen molar-refractivity contribution in [1.29, 1.82) is 0 Å². The number of hydrogen-bond acceptors (Lipinski definition) is 7. The molecule has 2 unspecified atom stereocenters. The number of aromatic amines is 3. The van der Waals surface area contributed by atoms with Crippen molar-refractivity contribution >= 4 is 12.2 Å². The Morgan fingerprint density at radius 3 is 2.05 bits per heavy atom. The van der Waals surface area contributed by atoms with Crippen LogP contribution in [0.3, 0.4) is 0 Å². The zero-order valence-electron chi connectivity index (χ0n) is 11.6. The van der Waals surface area contributed by atoms with Gasteiger partial charge in [-0.15, -0.1) is 0 Å². The van der Waals surface area contributed by atoms with Gasteiger partial charge in [0.1, 0.15) is 0 Å². The Balaban J connectivity index is 0.000000235. The molecular formula is C12H15N5O5. The van der Waals surface area contributed by atoms with Gasteiger partial charge in [0.05, 0.1) is 12.6 Å². The maximum atomic E-state index is 10.2. The highest BCUT2D eigenvalue weighted by Crippen LogP contribution is 2.26. The molecule has 0 bridgehead atoms. The van der Waals surface area contributed by atoms with Crippen LogP contribution in [0, 0.1) is 5.92 Å². The van der Waals surface area contributed by atoms with Gasteiger partial charge in [-0.1, -0.05) is 6.42 Å². The van der Waals surface area contributed by atoms with Crippen LogP contribution in [-0.4, -0.2) is 39.7 Å². The van der Waals surface area contributed by atoms with Crippen LogP contribution in [0.1, 0.15) is 25.7 Å². The number of aliphatic imine (C=N–C) groups is 2. The van der Waals surface area contributed by atoms with Gasteiger partial charge in [0.2, 0.25) is 12.2 Å². The summed E-state index contributed by atoms with van der Waals surface area (Å²) in [6.45, 7) is 0.522. The Hall–Kier alpha value is -2.83. The summed E-state index contributed by atoms with van der Waals surface area (Å²) in [5.41, 5.74) is -2.41. The minimum Gasteiger partial charge on any atom is -0.259 e. The molecule has 22 heavy (non-hydrogen) atoms. The van der Waals surface area contributed by atoms with E-state index in [1.807, 2.05) is 0 Å². The van der Waals surface area contributed by atoms with Crippen molar-refractivity contribution in [1.82, 2.24) is 15.0 Å². The Morgan fingerprint density at radius 2 is 1.55 bits per heavy atom. The quantitative estimate of drug-likeness (QED) is 0.480. The van der Waals surface area contributed by atoms with E-state index >= 15 is 0 Å². The van der Waals surface area contributed by atoms with Gasteiger partial charge in [0.15, 0.2) is 0 Å². The van der Waals surface area contributed by atoms with Crippen LogP contribution in [0.4, 0.5) is 0 Å². The van der Waals surface area contributed by atoms with E-state index in [0.717, 1.165) is 25.7 Å². The van der Waals surface area contributed by atoms with Crippen molar-refractivity contribution in [3.8, 4) is 0 Å². The van der Waals surface area contributed by atoms with Gasteiger partial charge in [-0.2, -0.15) is 0 Å². The Labute approximate surface area is 123 Å². The number of isocyanates is 2. The maximum Gasteiger partial charge on any atom is 0.330 e. The minimum atomic E-state index is -0.802. The first-order chi connectivity index (χ1) is 10.5. The molecule has 1 heterocycles. The highest BCUT2D eigenvalue weighted by molar-refractivity contribution is 5.34. The fraction of sp³-hybridized carbons (Fsp3) is 0.583. The van der Waals surface area contributed by atoms with Crippen molar-refractivity contribution in [2.75, 3.05) is 6.54 Å². The number of carbonyl (C=O) groups excluding carboxylic acids is 2. The molecule has 0 amide bonds. The van der Waals surface area contributed by atoms with Gasteiger partial charge in [0, 0.05) is 0 Å². The molecule has 3 N–H and O–H groups in total. The van der Waals surface area contributed by atoms with Crippen LogP contribution in [-0.2, 0) is 9.59 Å². The SMILES string of the molecule is O=C=NCC1CCCC(N=C=O)C1.O=c1[nH]c(=O)[nH]c(=O)[nH]1. The Bertz CT molecular complexity index is 657. The molecule has 0 aliphatic heterocycles. The van der Waals surface area contributed by atoms with E-state index in [0.29, 0.717) is 12.5 Å². The molecule has 1 aliphatic carbocycles. The van der Waals surface area contributed by atoms with E-state index < -0.39 is 17.1 Å². The average molecular weight is 309 g/mol. The molecule has 0 spiro atoms. The second kappa shape index (κ2) is 9.17. The lowest BCUT2D eigenvalue weighted by Gasteiger charge is -2.23. The van der Waals surface area contributed by atoms with Crippen LogP contribution in [0.2, 0.25) is 0 Å². The third kappa shape index (κ3) is 6.56. The second-order valence-corrected chi connectivity index (χ2v) is 4.70. The lowest BCUT2D eigenvalue weighted by molar-refractivity contribution is 0.330. The highest BCUT2D eigenvalue weighted by Gasteiger charge is 2.20. The number of aromatic nitrogens is 3. The lowest BCUT2D eigenvalue weighted by Crippen LogP contribution is -2.34. The molecule has 1 aromatic heterocycles. The molecule has 1 aliphatic rings. The van der Waals surface area contributed by atoms with E-state index in [9.17, 15) is 24.0 Å². The zero-order valence-corrected chi connectivity index (χ0v) is 11.6. The van der Waals surface area contributed by atoms with Gasteiger partial charge in [-0.05, 0) is 25.2 Å². The van der Waals surface area contributed by atoms with Gasteiger partial charge in [-0.3, -0.25) is 15.0 Å². The second-order valence-electron chi connectivity index (χ2n) is 4.70. The number of nitrogens with zero attached hydrogens (tertiary/aromatic N) is 2. The molecule has 0 saturated heterocycles. The number of nitrogens with one attached hydrogen (secondary N) is 3. The largest absolute Gasteiger partial charge is 0.330 e. The molecular weight excluding hydrogens is 294 g/mol. The molecule has 1 fully saturated rings. The maximum absolute atomic E-state index is 10.2. The summed E-state index contributed by atoms with van der Waals surface area (Å²) in [6.07, 6.45) is 7.03. The number of H-pyrrole nitrogens is 3. The number of hydrogen-bond donors (Lipinski definition) is 3. The Morgan fingerprint density at radius 1 is 0.955 bits per heavy atom. The summed E-state index contributed by atoms with van der Waals surface area (Å²) in [4.78, 5) is 63.0. The predicted octanol–water partition coefficient (Wildman–Crippen LogP) is -1.03. The van der Waals surface area contributed by atoms with Crippen molar-refractivity contribution in [3.63, 3.8) is 0 Å². The molecule has 1 aromatic rings. The van der Waals surface area contributed by atoms with Crippen LogP contribution in [0.5, 0.6) is 0 Å². The molecule has 2 rings (SSSR count). The Kier molecular flexibility index (Phi) is 7.18. The predicted molar refractivity (Wildman–Crippen MR) is 75.2 cm³/mol. The molecule has 118 valence electrons. The van der Waals surface area contributed by atoms with Crippen LogP contribution in [0.25, 0.3) is 0 Å². The van der Waals surface area contributed by atoms with E-state index in [1.54, 1.807) is 21.0 Å². The zero-order chi connectivity index (χ0) is 16.4. The van der Waals surface area contributed by atoms with Crippen molar-refractivity contribution < 1.29 is 9.59 Å². The fourth-order valence-electron chi connectivity index (χ4n) is 2.19. The summed E-state index contributed by atoms with van der Waals surface area (Å²) < 4.78 is 0. The lowest BCUT2D eigenvalue weighted by atomic mass is 9.86. The molecule has 10 nitrogen and oxygen atoms in total. The van der Waals surface area contributed by atoms with E-state index in [1.165, 1.54) is 6.08 Å². The van der Waals surface area contributed by atoms with Gasteiger partial charge >= 0.3 is 17.1 Å². The van der Waals surface area contributed by atoms with Crippen LogP contribution in [0.15, 0.2) is 24.4 Å². The summed E-state index contributed by atoms with van der Waals surface area (Å²) >= 11 is 0. The van der Waals surface area contributed by atoms with Gasteiger partial charge in [-0.25, -0.2) is 34.0 Å². The molecule has 0 aromatic carbocycles. The van der Waals surface area contributed by atoms with Gasteiger partial charge < -0.3 is 0 Å². The molecule has 10 heteroatoms. The first-order valence-corrected chi connectivity index (χ1v) is 6.58. The van der Waals surface area contributed by atoms with Crippen molar-refractivity contribution in [2.24, 2.45) is 15.9 Å². The minimum absolute atomic E-state index is 0.0955. The van der Waals surface area contributed by atoms with Crippen molar-refractivity contribution in [2.45, 2.75) is 31.7 Å². The van der Waals surface area contributed by atoms with Gasteiger partial charge in [0.25, 0.3) is 0 Å². The number of rotatable bonds is 3. The molecule has 1 saturated carbocycles. The van der Waals surface area contributed by atoms with Crippen LogP contribution >= 0.6 is 0 Å². The topological polar surface area (TPSA) is 157 Å². The van der Waals surface area contributed by atoms with E-state index in [4.69, 9.17) is 0 Å². The van der Waals surface area contributed by atoms with Crippen molar-refractivity contribution in [3.05, 3.63) is 31.5 Å². The van der Waals surface area contributed by atoms with Crippen LogP contribution < -0.4 is 17.1 Å². The monoisotopic (exact) mass is 309 g/mol. The summed E-state index contributed by atoms with van der Waals surface area (Å²) in [5.74, 6) is 0.386. The third-order valence-electron chi connectivity index (χ3n) is 3.09. The van der Waals surface area contributed by atoms with E-state index in [-0.39, 0.29) is 6.04 Å². The molecule has 0 radical (unpaired) electrons. The highest BCUT2D eigenvalue weighted by atomic mass is 16.2. The standard InChI is InChI=1S/C9H12N2O2.C3H3N3O3/c12-6-10-5-8-2-1-3-9(4-8)11-7-13;7-1-4-2(8)6-3(9)5-1/h8-9H,1-5H2;(H3,4,5,6,7,8,9). The van der Waals surface area contributed by atoms with E-state index in [2.05, 4.69) is 9.98 Å².